The van der Waals surface area contributed by atoms with Gasteiger partial charge in [-0.2, -0.15) is 0 Å². The number of fused-ring (bicyclic) bond motifs is 1. The van der Waals surface area contributed by atoms with Crippen LogP contribution in [0.2, 0.25) is 10.0 Å². The second kappa shape index (κ2) is 3.17. The average molecular weight is 212 g/mol. The number of halogens is 2. The van der Waals surface area contributed by atoms with Crippen LogP contribution in [0.25, 0.3) is 10.9 Å². The Morgan fingerprint density at radius 2 is 1.77 bits per heavy atom. The first-order valence-corrected chi connectivity index (χ1v) is 4.65. The van der Waals surface area contributed by atoms with Crippen molar-refractivity contribution in [3.05, 3.63) is 40.0 Å². The van der Waals surface area contributed by atoms with Crippen LogP contribution in [0, 0.1) is 6.92 Å². The lowest BCUT2D eigenvalue weighted by Gasteiger charge is -2.02. The summed E-state index contributed by atoms with van der Waals surface area (Å²) >= 11 is 11.9. The summed E-state index contributed by atoms with van der Waals surface area (Å²) in [7, 11) is 0. The van der Waals surface area contributed by atoms with E-state index in [1.165, 1.54) is 0 Å². The van der Waals surface area contributed by atoms with Crippen molar-refractivity contribution in [1.82, 2.24) is 4.98 Å². The molecule has 0 aliphatic rings. The maximum atomic E-state index is 6.00. The first-order valence-electron chi connectivity index (χ1n) is 3.90. The Labute approximate surface area is 86.3 Å². The molecule has 0 N–H and O–H groups in total. The molecule has 0 unspecified atom stereocenters. The maximum absolute atomic E-state index is 6.00. The van der Waals surface area contributed by atoms with Crippen LogP contribution in [-0.2, 0) is 0 Å². The number of hydrogen-bond donors (Lipinski definition) is 0. The van der Waals surface area contributed by atoms with Crippen molar-refractivity contribution < 1.29 is 0 Å². The molecule has 0 bridgehead atoms. The third-order valence-corrected chi connectivity index (χ3v) is 2.69. The van der Waals surface area contributed by atoms with Crippen molar-refractivity contribution in [3.8, 4) is 0 Å². The lowest BCUT2D eigenvalue weighted by atomic mass is 10.2. The third-order valence-electron chi connectivity index (χ3n) is 1.89. The molecule has 1 aromatic carbocycles. The van der Waals surface area contributed by atoms with Gasteiger partial charge in [0, 0.05) is 11.1 Å². The zero-order chi connectivity index (χ0) is 9.42. The van der Waals surface area contributed by atoms with E-state index in [1.807, 2.05) is 25.1 Å². The number of benzene rings is 1. The molecule has 2 rings (SSSR count). The Hall–Kier alpha value is -0.790. The van der Waals surface area contributed by atoms with Gasteiger partial charge in [-0.3, -0.25) is 4.98 Å². The number of pyridine rings is 1. The molecule has 1 heterocycles. The van der Waals surface area contributed by atoms with Gasteiger partial charge in [-0.1, -0.05) is 35.3 Å². The van der Waals surface area contributed by atoms with Gasteiger partial charge in [0.05, 0.1) is 15.6 Å². The summed E-state index contributed by atoms with van der Waals surface area (Å²) in [6.07, 6.45) is 0. The molecule has 66 valence electrons. The topological polar surface area (TPSA) is 12.9 Å². The van der Waals surface area contributed by atoms with Crippen LogP contribution in [0.3, 0.4) is 0 Å². The summed E-state index contributed by atoms with van der Waals surface area (Å²) in [5.74, 6) is 0. The van der Waals surface area contributed by atoms with E-state index in [1.54, 1.807) is 6.07 Å². The van der Waals surface area contributed by atoms with Gasteiger partial charge in [0.2, 0.25) is 0 Å². The number of aromatic nitrogens is 1. The Balaban J connectivity index is 2.89. The standard InChI is InChI=1S/C10H7Cl2N/c1-6-2-3-7-4-5-8(11)9(12)10(7)13-6/h2-5H,1H3. The monoisotopic (exact) mass is 211 g/mol. The molecule has 13 heavy (non-hydrogen) atoms. The smallest absolute Gasteiger partial charge is 0.0906 e. The van der Waals surface area contributed by atoms with E-state index < -0.39 is 0 Å². The molecule has 0 fully saturated rings. The van der Waals surface area contributed by atoms with Crippen molar-refractivity contribution in [1.29, 1.82) is 0 Å². The molecule has 0 amide bonds. The minimum Gasteiger partial charge on any atom is -0.252 e. The molecule has 0 aliphatic carbocycles. The van der Waals surface area contributed by atoms with E-state index in [4.69, 9.17) is 23.2 Å². The van der Waals surface area contributed by atoms with E-state index in [-0.39, 0.29) is 0 Å². The second-order valence-corrected chi connectivity index (χ2v) is 3.67. The fourth-order valence-corrected chi connectivity index (χ4v) is 1.59. The van der Waals surface area contributed by atoms with E-state index >= 15 is 0 Å². The fraction of sp³-hybridized carbons (Fsp3) is 0.100. The van der Waals surface area contributed by atoms with Crippen LogP contribution in [-0.4, -0.2) is 4.98 Å². The first-order chi connectivity index (χ1) is 6.18. The Kier molecular flexibility index (Phi) is 2.14. The normalized spacial score (nSPS) is 10.7. The van der Waals surface area contributed by atoms with Gasteiger partial charge >= 0.3 is 0 Å². The summed E-state index contributed by atoms with van der Waals surface area (Å²) < 4.78 is 0. The average Bonchev–Trinajstić information content (AvgIpc) is 2.12. The van der Waals surface area contributed by atoms with E-state index in [0.717, 1.165) is 16.6 Å². The fourth-order valence-electron chi connectivity index (χ4n) is 1.23. The van der Waals surface area contributed by atoms with E-state index in [9.17, 15) is 0 Å². The van der Waals surface area contributed by atoms with Crippen molar-refractivity contribution in [2.45, 2.75) is 6.92 Å². The van der Waals surface area contributed by atoms with Gasteiger partial charge in [-0.25, -0.2) is 0 Å². The van der Waals surface area contributed by atoms with Crippen molar-refractivity contribution in [2.24, 2.45) is 0 Å². The molecule has 1 aromatic heterocycles. The van der Waals surface area contributed by atoms with Gasteiger partial charge in [0.15, 0.2) is 0 Å². The minimum absolute atomic E-state index is 0.530. The molecule has 3 heteroatoms. The molecule has 0 atom stereocenters. The molecular formula is C10H7Cl2N. The van der Waals surface area contributed by atoms with Crippen LogP contribution < -0.4 is 0 Å². The minimum atomic E-state index is 0.530. The number of rotatable bonds is 0. The number of hydrogen-bond acceptors (Lipinski definition) is 1. The van der Waals surface area contributed by atoms with Crippen molar-refractivity contribution >= 4 is 34.1 Å². The van der Waals surface area contributed by atoms with E-state index in [0.29, 0.717) is 10.0 Å². The molecule has 0 radical (unpaired) electrons. The van der Waals surface area contributed by atoms with Crippen molar-refractivity contribution in [2.75, 3.05) is 0 Å². The molecular weight excluding hydrogens is 205 g/mol. The lowest BCUT2D eigenvalue weighted by Crippen LogP contribution is -1.84. The highest BCUT2D eigenvalue weighted by atomic mass is 35.5. The molecule has 1 nitrogen and oxygen atoms in total. The highest BCUT2D eigenvalue weighted by Gasteiger charge is 2.04. The second-order valence-electron chi connectivity index (χ2n) is 2.89. The summed E-state index contributed by atoms with van der Waals surface area (Å²) in [5.41, 5.74) is 1.71. The Morgan fingerprint density at radius 1 is 1.08 bits per heavy atom. The highest BCUT2D eigenvalue weighted by molar-refractivity contribution is 6.44. The van der Waals surface area contributed by atoms with Crippen LogP contribution >= 0.6 is 23.2 Å². The lowest BCUT2D eigenvalue weighted by molar-refractivity contribution is 1.26. The zero-order valence-corrected chi connectivity index (χ0v) is 8.52. The van der Waals surface area contributed by atoms with Crippen LogP contribution in [0.5, 0.6) is 0 Å². The quantitative estimate of drug-likeness (QED) is 0.646. The highest BCUT2D eigenvalue weighted by Crippen LogP contribution is 2.29. The summed E-state index contributed by atoms with van der Waals surface area (Å²) in [6.45, 7) is 1.93. The van der Waals surface area contributed by atoms with Crippen LogP contribution in [0.4, 0.5) is 0 Å². The van der Waals surface area contributed by atoms with Crippen LogP contribution in [0.15, 0.2) is 24.3 Å². The van der Waals surface area contributed by atoms with Gasteiger partial charge in [0.25, 0.3) is 0 Å². The molecule has 0 aliphatic heterocycles. The van der Waals surface area contributed by atoms with Gasteiger partial charge in [-0.15, -0.1) is 0 Å². The van der Waals surface area contributed by atoms with Gasteiger partial charge < -0.3 is 0 Å². The Morgan fingerprint density at radius 3 is 2.54 bits per heavy atom. The number of nitrogens with zero attached hydrogens (tertiary/aromatic N) is 1. The SMILES string of the molecule is Cc1ccc2ccc(Cl)c(Cl)c2n1. The number of aryl methyl sites for hydroxylation is 1. The van der Waals surface area contributed by atoms with Crippen LogP contribution in [0.1, 0.15) is 5.69 Å². The summed E-state index contributed by atoms with van der Waals surface area (Å²) in [5, 5.41) is 2.09. The molecule has 0 saturated carbocycles. The van der Waals surface area contributed by atoms with Crippen molar-refractivity contribution in [3.63, 3.8) is 0 Å². The summed E-state index contributed by atoms with van der Waals surface area (Å²) in [4.78, 5) is 4.32. The predicted molar refractivity (Wildman–Crippen MR) is 56.5 cm³/mol. The summed E-state index contributed by atoms with van der Waals surface area (Å²) in [6, 6.07) is 7.63. The third kappa shape index (κ3) is 1.50. The van der Waals surface area contributed by atoms with E-state index in [2.05, 4.69) is 4.98 Å². The predicted octanol–water partition coefficient (Wildman–Crippen LogP) is 3.85. The Bertz CT molecular complexity index is 460. The first kappa shape index (κ1) is 8.79. The molecule has 0 spiro atoms. The molecule has 0 saturated heterocycles. The van der Waals surface area contributed by atoms with Gasteiger partial charge in [-0.05, 0) is 19.1 Å². The van der Waals surface area contributed by atoms with Gasteiger partial charge in [0.1, 0.15) is 0 Å². The molecule has 2 aromatic rings. The maximum Gasteiger partial charge on any atom is 0.0906 e. The zero-order valence-electron chi connectivity index (χ0n) is 7.01. The largest absolute Gasteiger partial charge is 0.252 e.